The number of aromatic nitrogens is 1. The van der Waals surface area contributed by atoms with Crippen molar-refractivity contribution in [2.45, 2.75) is 39.2 Å². The predicted molar refractivity (Wildman–Crippen MR) is 78.9 cm³/mol. The largest absolute Gasteiger partial charge is 0.375 e. The Morgan fingerprint density at radius 2 is 2.21 bits per heavy atom. The molecule has 0 aliphatic carbocycles. The van der Waals surface area contributed by atoms with Crippen LogP contribution >= 0.6 is 11.3 Å². The fraction of sp³-hybridized carbons (Fsp3) is 0.462. The van der Waals surface area contributed by atoms with E-state index in [1.807, 2.05) is 19.9 Å². The van der Waals surface area contributed by atoms with Gasteiger partial charge in [0.2, 0.25) is 0 Å². The number of nitrogens with zero attached hydrogens (tertiary/aromatic N) is 2. The van der Waals surface area contributed by atoms with Crippen LogP contribution in [0, 0.1) is 10.1 Å². The quantitative estimate of drug-likeness (QED) is 0.658. The molecule has 1 aromatic heterocycles. The van der Waals surface area contributed by atoms with Crippen LogP contribution in [0.1, 0.15) is 33.6 Å². The standard InChI is InChI=1S/C13H17N3O2S/c1-4-7-13(2,3)15-9-5-6-10-11(14-8-19-10)12(9)16(17)18/h5-6,8,15H,4,7H2,1-3H3. The van der Waals surface area contributed by atoms with E-state index in [-0.39, 0.29) is 16.1 Å². The van der Waals surface area contributed by atoms with Crippen LogP contribution in [0.15, 0.2) is 17.6 Å². The second kappa shape index (κ2) is 5.13. The van der Waals surface area contributed by atoms with Crippen molar-refractivity contribution in [2.75, 3.05) is 5.32 Å². The SMILES string of the molecule is CCCC(C)(C)Nc1ccc2scnc2c1[N+](=O)[O-]. The van der Waals surface area contributed by atoms with Crippen molar-refractivity contribution in [2.24, 2.45) is 0 Å². The number of nitro benzene ring substituents is 1. The average molecular weight is 279 g/mol. The average Bonchev–Trinajstić information content (AvgIpc) is 2.75. The monoisotopic (exact) mass is 279 g/mol. The van der Waals surface area contributed by atoms with Crippen molar-refractivity contribution in [3.05, 3.63) is 27.8 Å². The molecule has 0 spiro atoms. The predicted octanol–water partition coefficient (Wildman–Crippen LogP) is 4.20. The van der Waals surface area contributed by atoms with Gasteiger partial charge in [-0.3, -0.25) is 10.1 Å². The summed E-state index contributed by atoms with van der Waals surface area (Å²) in [6.45, 7) is 6.19. The van der Waals surface area contributed by atoms with Crippen molar-refractivity contribution in [1.29, 1.82) is 0 Å². The molecule has 0 atom stereocenters. The maximum Gasteiger partial charge on any atom is 0.319 e. The van der Waals surface area contributed by atoms with Crippen LogP contribution in [0.4, 0.5) is 11.4 Å². The van der Waals surface area contributed by atoms with Crippen molar-refractivity contribution < 1.29 is 4.92 Å². The number of nitrogens with one attached hydrogen (secondary N) is 1. The number of fused-ring (bicyclic) bond motifs is 1. The Kier molecular flexibility index (Phi) is 3.71. The molecule has 0 aliphatic heterocycles. The maximum atomic E-state index is 11.3. The molecule has 19 heavy (non-hydrogen) atoms. The van der Waals surface area contributed by atoms with Gasteiger partial charge in [0.25, 0.3) is 0 Å². The Labute approximate surface area is 115 Å². The maximum absolute atomic E-state index is 11.3. The molecule has 1 N–H and O–H groups in total. The highest BCUT2D eigenvalue weighted by atomic mass is 32.1. The molecular formula is C13H17N3O2S. The molecule has 0 radical (unpaired) electrons. The lowest BCUT2D eigenvalue weighted by Crippen LogP contribution is -2.30. The van der Waals surface area contributed by atoms with Gasteiger partial charge >= 0.3 is 5.69 Å². The van der Waals surface area contributed by atoms with Crippen LogP contribution in [0.25, 0.3) is 10.2 Å². The molecule has 0 bridgehead atoms. The van der Waals surface area contributed by atoms with Crippen LogP contribution in [0.3, 0.4) is 0 Å². The van der Waals surface area contributed by atoms with E-state index < -0.39 is 0 Å². The number of thiazole rings is 1. The molecule has 1 heterocycles. The summed E-state index contributed by atoms with van der Waals surface area (Å²) in [5, 5.41) is 14.6. The van der Waals surface area contributed by atoms with Gasteiger partial charge in [-0.2, -0.15) is 0 Å². The first-order valence-electron chi connectivity index (χ1n) is 6.23. The minimum atomic E-state index is -0.355. The number of rotatable bonds is 5. The number of nitro groups is 1. The molecule has 0 unspecified atom stereocenters. The van der Waals surface area contributed by atoms with Gasteiger partial charge in [0.15, 0.2) is 5.52 Å². The van der Waals surface area contributed by atoms with E-state index >= 15 is 0 Å². The summed E-state index contributed by atoms with van der Waals surface area (Å²) in [7, 11) is 0. The fourth-order valence-corrected chi connectivity index (χ4v) is 2.93. The number of hydrogen-bond donors (Lipinski definition) is 1. The van der Waals surface area contributed by atoms with E-state index in [4.69, 9.17) is 0 Å². The highest BCUT2D eigenvalue weighted by molar-refractivity contribution is 7.16. The molecule has 1 aromatic carbocycles. The Morgan fingerprint density at radius 1 is 1.47 bits per heavy atom. The molecule has 0 saturated carbocycles. The molecular weight excluding hydrogens is 262 g/mol. The molecule has 5 nitrogen and oxygen atoms in total. The second-order valence-electron chi connectivity index (χ2n) is 5.18. The highest BCUT2D eigenvalue weighted by Crippen LogP contribution is 2.36. The molecule has 2 rings (SSSR count). The zero-order valence-electron chi connectivity index (χ0n) is 11.3. The van der Waals surface area contributed by atoms with E-state index in [1.54, 1.807) is 11.6 Å². The zero-order valence-corrected chi connectivity index (χ0v) is 12.1. The number of anilines is 1. The van der Waals surface area contributed by atoms with Gasteiger partial charge in [-0.05, 0) is 32.4 Å². The van der Waals surface area contributed by atoms with Crippen molar-refractivity contribution in [1.82, 2.24) is 4.98 Å². The highest BCUT2D eigenvalue weighted by Gasteiger charge is 2.25. The van der Waals surface area contributed by atoms with E-state index in [2.05, 4.69) is 17.2 Å². The van der Waals surface area contributed by atoms with Crippen molar-refractivity contribution >= 4 is 32.9 Å². The van der Waals surface area contributed by atoms with Crippen LogP contribution in [0.5, 0.6) is 0 Å². The summed E-state index contributed by atoms with van der Waals surface area (Å²) in [6, 6.07) is 3.65. The summed E-state index contributed by atoms with van der Waals surface area (Å²) in [6.07, 6.45) is 1.96. The van der Waals surface area contributed by atoms with E-state index in [1.165, 1.54) is 11.3 Å². The van der Waals surface area contributed by atoms with E-state index in [0.717, 1.165) is 17.5 Å². The minimum absolute atomic E-state index is 0.0722. The smallest absolute Gasteiger partial charge is 0.319 e. The van der Waals surface area contributed by atoms with Gasteiger partial charge in [0, 0.05) is 5.54 Å². The number of benzene rings is 1. The summed E-state index contributed by atoms with van der Waals surface area (Å²) in [4.78, 5) is 15.1. The van der Waals surface area contributed by atoms with Gasteiger partial charge in [0.05, 0.1) is 15.1 Å². The molecule has 0 fully saturated rings. The number of hydrogen-bond acceptors (Lipinski definition) is 5. The fourth-order valence-electron chi connectivity index (χ4n) is 2.25. The third kappa shape index (κ3) is 2.84. The lowest BCUT2D eigenvalue weighted by Gasteiger charge is -2.26. The Balaban J connectivity index is 2.48. The van der Waals surface area contributed by atoms with Crippen molar-refractivity contribution in [3.8, 4) is 0 Å². The van der Waals surface area contributed by atoms with Crippen LogP contribution in [-0.4, -0.2) is 15.4 Å². The van der Waals surface area contributed by atoms with E-state index in [9.17, 15) is 10.1 Å². The van der Waals surface area contributed by atoms with Crippen LogP contribution in [0.2, 0.25) is 0 Å². The third-order valence-corrected chi connectivity index (χ3v) is 3.80. The summed E-state index contributed by atoms with van der Waals surface area (Å²) < 4.78 is 0.838. The minimum Gasteiger partial charge on any atom is -0.375 e. The van der Waals surface area contributed by atoms with Gasteiger partial charge in [-0.15, -0.1) is 11.3 Å². The summed E-state index contributed by atoms with van der Waals surface area (Å²) in [5.74, 6) is 0. The van der Waals surface area contributed by atoms with Gasteiger partial charge in [-0.25, -0.2) is 4.98 Å². The van der Waals surface area contributed by atoms with Crippen molar-refractivity contribution in [3.63, 3.8) is 0 Å². The first kappa shape index (κ1) is 13.7. The van der Waals surface area contributed by atoms with Crippen LogP contribution in [-0.2, 0) is 0 Å². The zero-order chi connectivity index (χ0) is 14.0. The van der Waals surface area contributed by atoms with Gasteiger partial charge < -0.3 is 5.32 Å². The first-order chi connectivity index (χ1) is 8.94. The first-order valence-corrected chi connectivity index (χ1v) is 7.11. The second-order valence-corrected chi connectivity index (χ2v) is 6.06. The summed E-state index contributed by atoms with van der Waals surface area (Å²) in [5.41, 5.74) is 2.54. The lowest BCUT2D eigenvalue weighted by atomic mass is 9.98. The molecule has 6 heteroatoms. The van der Waals surface area contributed by atoms with Crippen LogP contribution < -0.4 is 5.32 Å². The Hall–Kier alpha value is -1.69. The third-order valence-electron chi connectivity index (χ3n) is 3.01. The molecule has 2 aromatic rings. The molecule has 0 aliphatic rings. The van der Waals surface area contributed by atoms with E-state index in [0.29, 0.717) is 11.2 Å². The molecule has 0 amide bonds. The molecule has 0 saturated heterocycles. The van der Waals surface area contributed by atoms with Gasteiger partial charge in [0.1, 0.15) is 5.69 Å². The van der Waals surface area contributed by atoms with Gasteiger partial charge in [-0.1, -0.05) is 13.3 Å². The Bertz CT molecular complexity index is 607. The Morgan fingerprint density at radius 3 is 2.84 bits per heavy atom. The summed E-state index contributed by atoms with van der Waals surface area (Å²) >= 11 is 1.41. The normalized spacial score (nSPS) is 11.7. The molecule has 102 valence electrons. The lowest BCUT2D eigenvalue weighted by molar-refractivity contribution is -0.382. The topological polar surface area (TPSA) is 68.1 Å².